The zero-order chi connectivity index (χ0) is 23.8. The van der Waals surface area contributed by atoms with Crippen LogP contribution in [0.15, 0.2) is 52.4 Å². The number of aromatic amines is 1. The number of piperazine rings is 1. The standard InChI is InChI=1S/C20H17Cl2F3N4O2S2/c21-14-4-5-16(18-17(14)15(22)11-26-18)27-33(31)13-3-1-2-12(10-13)32-29-8-6-28(7-9-29)19(30)20(23,24)25/h1-5,10-11,26-27H,6-9H2. The van der Waals surface area contributed by atoms with E-state index in [0.717, 1.165) is 9.80 Å². The van der Waals surface area contributed by atoms with Gasteiger partial charge in [-0.3, -0.25) is 9.52 Å². The van der Waals surface area contributed by atoms with E-state index in [1.54, 1.807) is 36.5 Å². The number of hydrogen-bond donors (Lipinski definition) is 2. The van der Waals surface area contributed by atoms with Gasteiger partial charge < -0.3 is 9.88 Å². The fraction of sp³-hybridized carbons (Fsp3) is 0.250. The number of nitrogens with one attached hydrogen (secondary N) is 2. The van der Waals surface area contributed by atoms with Crippen LogP contribution in [0.1, 0.15) is 0 Å². The molecule has 1 aliphatic rings. The second kappa shape index (κ2) is 9.75. The molecule has 1 aromatic heterocycles. The number of amides is 1. The van der Waals surface area contributed by atoms with E-state index in [2.05, 4.69) is 9.71 Å². The number of fused-ring (bicyclic) bond motifs is 1. The summed E-state index contributed by atoms with van der Waals surface area (Å²) in [4.78, 5) is 16.5. The molecule has 2 heterocycles. The van der Waals surface area contributed by atoms with Crippen molar-refractivity contribution in [3.63, 3.8) is 0 Å². The van der Waals surface area contributed by atoms with Gasteiger partial charge in [-0.25, -0.2) is 8.51 Å². The monoisotopic (exact) mass is 536 g/mol. The molecule has 0 radical (unpaired) electrons. The van der Waals surface area contributed by atoms with Crippen molar-refractivity contribution < 1.29 is 22.2 Å². The third-order valence-corrected chi connectivity index (χ3v) is 7.75. The average molecular weight is 537 g/mol. The molecule has 2 N–H and O–H groups in total. The number of aromatic nitrogens is 1. The normalized spacial score (nSPS) is 16.2. The summed E-state index contributed by atoms with van der Waals surface area (Å²) in [5.41, 5.74) is 1.21. The fourth-order valence-corrected chi connectivity index (χ4v) is 5.89. The minimum absolute atomic E-state index is 0.0101. The van der Waals surface area contributed by atoms with Crippen LogP contribution in [0.2, 0.25) is 10.0 Å². The smallest absolute Gasteiger partial charge is 0.358 e. The minimum atomic E-state index is -4.86. The van der Waals surface area contributed by atoms with Gasteiger partial charge in [0.25, 0.3) is 0 Å². The second-order valence-electron chi connectivity index (χ2n) is 7.14. The van der Waals surface area contributed by atoms with Crippen molar-refractivity contribution in [2.24, 2.45) is 0 Å². The molecule has 0 aliphatic carbocycles. The van der Waals surface area contributed by atoms with Gasteiger partial charge in [0.15, 0.2) is 0 Å². The molecule has 1 amide bonds. The van der Waals surface area contributed by atoms with Crippen LogP contribution < -0.4 is 4.72 Å². The maximum absolute atomic E-state index is 13.0. The summed E-state index contributed by atoms with van der Waals surface area (Å²) in [7, 11) is -1.59. The van der Waals surface area contributed by atoms with Crippen molar-refractivity contribution in [3.8, 4) is 0 Å². The highest BCUT2D eigenvalue weighted by Crippen LogP contribution is 2.35. The molecule has 1 aliphatic heterocycles. The van der Waals surface area contributed by atoms with Crippen molar-refractivity contribution in [1.29, 1.82) is 0 Å². The molecule has 0 saturated carbocycles. The summed E-state index contributed by atoms with van der Waals surface area (Å²) in [5.74, 6) is -1.81. The van der Waals surface area contributed by atoms with E-state index >= 15 is 0 Å². The molecule has 0 spiro atoms. The van der Waals surface area contributed by atoms with Crippen molar-refractivity contribution >= 4 is 68.6 Å². The third kappa shape index (κ3) is 5.43. The predicted octanol–water partition coefficient (Wildman–Crippen LogP) is 5.32. The van der Waals surface area contributed by atoms with Gasteiger partial charge in [0, 0.05) is 42.7 Å². The lowest BCUT2D eigenvalue weighted by Crippen LogP contribution is -2.50. The first kappa shape index (κ1) is 24.2. The first-order valence-electron chi connectivity index (χ1n) is 9.66. The fourth-order valence-electron chi connectivity index (χ4n) is 3.37. The highest BCUT2D eigenvalue weighted by molar-refractivity contribution is 7.97. The zero-order valence-electron chi connectivity index (χ0n) is 16.8. The molecule has 13 heteroatoms. The van der Waals surface area contributed by atoms with Crippen molar-refractivity contribution in [2.75, 3.05) is 30.9 Å². The van der Waals surface area contributed by atoms with E-state index in [4.69, 9.17) is 23.2 Å². The first-order valence-corrected chi connectivity index (χ1v) is 12.3. The predicted molar refractivity (Wildman–Crippen MR) is 125 cm³/mol. The number of nitrogens with zero attached hydrogens (tertiary/aromatic N) is 2. The summed E-state index contributed by atoms with van der Waals surface area (Å²) in [6.45, 7) is 0.552. The Labute approximate surface area is 204 Å². The van der Waals surface area contributed by atoms with E-state index in [0.29, 0.717) is 31.5 Å². The molecule has 1 unspecified atom stereocenters. The van der Waals surface area contributed by atoms with Gasteiger partial charge in [0.1, 0.15) is 11.0 Å². The van der Waals surface area contributed by atoms with Gasteiger partial charge in [0.05, 0.1) is 26.1 Å². The molecule has 3 aromatic rings. The molecule has 0 bridgehead atoms. The lowest BCUT2D eigenvalue weighted by Gasteiger charge is -2.34. The zero-order valence-corrected chi connectivity index (χ0v) is 19.9. The van der Waals surface area contributed by atoms with Crippen LogP contribution in [0.4, 0.5) is 18.9 Å². The highest BCUT2D eigenvalue weighted by Gasteiger charge is 2.43. The molecule has 1 saturated heterocycles. The minimum Gasteiger partial charge on any atom is -0.358 e. The first-order chi connectivity index (χ1) is 15.6. The van der Waals surface area contributed by atoms with Crippen molar-refractivity contribution in [1.82, 2.24) is 14.2 Å². The Hall–Kier alpha value is -1.92. The molecular formula is C20H17Cl2F3N4O2S2. The maximum atomic E-state index is 13.0. The Morgan fingerprint density at radius 1 is 1.09 bits per heavy atom. The van der Waals surface area contributed by atoms with E-state index in [1.807, 2.05) is 10.4 Å². The summed E-state index contributed by atoms with van der Waals surface area (Å²) in [6, 6.07) is 10.4. The lowest BCUT2D eigenvalue weighted by atomic mass is 10.2. The summed E-state index contributed by atoms with van der Waals surface area (Å²) >= 11 is 13.7. The van der Waals surface area contributed by atoms with Crippen LogP contribution >= 0.6 is 35.1 Å². The van der Waals surface area contributed by atoms with E-state index < -0.39 is 23.1 Å². The van der Waals surface area contributed by atoms with Crippen LogP contribution in [-0.2, 0) is 15.8 Å². The number of H-pyrrole nitrogens is 1. The van der Waals surface area contributed by atoms with Gasteiger partial charge >= 0.3 is 12.1 Å². The van der Waals surface area contributed by atoms with Crippen LogP contribution in [0.25, 0.3) is 10.9 Å². The van der Waals surface area contributed by atoms with E-state index in [1.165, 1.54) is 11.9 Å². The number of hydrogen-bond acceptors (Lipinski definition) is 4. The Kier molecular flexibility index (Phi) is 7.15. The van der Waals surface area contributed by atoms with Crippen molar-refractivity contribution in [2.45, 2.75) is 16.0 Å². The number of benzene rings is 2. The quantitative estimate of drug-likeness (QED) is 0.433. The molecule has 4 rings (SSSR count). The summed E-state index contributed by atoms with van der Waals surface area (Å²) in [5, 5.41) is 1.57. The lowest BCUT2D eigenvalue weighted by molar-refractivity contribution is -0.186. The van der Waals surface area contributed by atoms with Gasteiger partial charge in [-0.05, 0) is 42.3 Å². The Balaban J connectivity index is 1.41. The Bertz CT molecular complexity index is 1210. The highest BCUT2D eigenvalue weighted by atomic mass is 35.5. The third-order valence-electron chi connectivity index (χ3n) is 4.96. The molecular weight excluding hydrogens is 520 g/mol. The van der Waals surface area contributed by atoms with Crippen LogP contribution in [0.3, 0.4) is 0 Å². The van der Waals surface area contributed by atoms with Crippen LogP contribution in [0.5, 0.6) is 0 Å². The van der Waals surface area contributed by atoms with Gasteiger partial charge in [0.2, 0.25) is 0 Å². The number of anilines is 1. The van der Waals surface area contributed by atoms with Crippen LogP contribution in [0, 0.1) is 0 Å². The van der Waals surface area contributed by atoms with Gasteiger partial charge in [-0.1, -0.05) is 29.3 Å². The van der Waals surface area contributed by atoms with E-state index in [-0.39, 0.29) is 26.2 Å². The van der Waals surface area contributed by atoms with Crippen molar-refractivity contribution in [3.05, 3.63) is 52.6 Å². The summed E-state index contributed by atoms with van der Waals surface area (Å²) in [6.07, 6.45) is -3.26. The topological polar surface area (TPSA) is 68.4 Å². The molecule has 33 heavy (non-hydrogen) atoms. The largest absolute Gasteiger partial charge is 0.471 e. The molecule has 1 atom stereocenters. The molecule has 1 fully saturated rings. The van der Waals surface area contributed by atoms with Gasteiger partial charge in [-0.15, -0.1) is 0 Å². The maximum Gasteiger partial charge on any atom is 0.471 e. The molecule has 176 valence electrons. The number of rotatable bonds is 5. The number of alkyl halides is 3. The van der Waals surface area contributed by atoms with Gasteiger partial charge in [-0.2, -0.15) is 13.2 Å². The van der Waals surface area contributed by atoms with Crippen LogP contribution in [-0.4, -0.2) is 56.7 Å². The van der Waals surface area contributed by atoms with E-state index in [9.17, 15) is 22.2 Å². The molecule has 6 nitrogen and oxygen atoms in total. The Morgan fingerprint density at radius 2 is 1.82 bits per heavy atom. The average Bonchev–Trinajstić information content (AvgIpc) is 3.18. The Morgan fingerprint density at radius 3 is 2.52 bits per heavy atom. The SMILES string of the molecule is O=C(N1CCN(Sc2cccc(S(=O)Nc3ccc(Cl)c4c(Cl)c[nH]c34)c2)CC1)C(F)(F)F. The summed E-state index contributed by atoms with van der Waals surface area (Å²) < 4.78 is 55.6. The number of carbonyl (C=O) groups is 1. The molecule has 2 aromatic carbocycles. The number of carbonyl (C=O) groups excluding carboxylic acids is 1. The second-order valence-corrected chi connectivity index (χ2v) is 10.3. The number of halogens is 5.